The molecule has 3 heteroatoms. The second-order valence-corrected chi connectivity index (χ2v) is 5.16. The predicted octanol–water partition coefficient (Wildman–Crippen LogP) is 2.18. The van der Waals surface area contributed by atoms with Crippen LogP contribution in [0.2, 0.25) is 0 Å². The van der Waals surface area contributed by atoms with Crippen LogP contribution in [0.1, 0.15) is 40.7 Å². The Labute approximate surface area is 109 Å². The highest BCUT2D eigenvalue weighted by Gasteiger charge is 2.14. The molecule has 0 radical (unpaired) electrons. The van der Waals surface area contributed by atoms with Gasteiger partial charge < -0.3 is 10.6 Å². The summed E-state index contributed by atoms with van der Waals surface area (Å²) >= 11 is 0. The molecule has 1 fully saturated rings. The van der Waals surface area contributed by atoms with Gasteiger partial charge in [0.1, 0.15) is 0 Å². The highest BCUT2D eigenvalue weighted by atomic mass is 16.1. The number of hydrogen-bond acceptors (Lipinski definition) is 2. The summed E-state index contributed by atoms with van der Waals surface area (Å²) in [5, 5.41) is 6.44. The van der Waals surface area contributed by atoms with E-state index in [0.717, 1.165) is 30.6 Å². The third-order valence-corrected chi connectivity index (χ3v) is 3.57. The number of carbonyl (C=O) groups excluding carboxylic acids is 1. The summed E-state index contributed by atoms with van der Waals surface area (Å²) in [6, 6.07) is 6.53. The van der Waals surface area contributed by atoms with Crippen LogP contribution in [0, 0.1) is 13.8 Å². The number of benzene rings is 1. The fourth-order valence-corrected chi connectivity index (χ4v) is 2.53. The number of hydrogen-bond donors (Lipinski definition) is 2. The van der Waals surface area contributed by atoms with Crippen molar-refractivity contribution in [1.82, 2.24) is 10.6 Å². The van der Waals surface area contributed by atoms with Gasteiger partial charge in [0.05, 0.1) is 0 Å². The van der Waals surface area contributed by atoms with E-state index in [1.165, 1.54) is 18.4 Å². The molecule has 1 atom stereocenters. The largest absolute Gasteiger partial charge is 0.352 e. The Kier molecular flexibility index (Phi) is 4.37. The van der Waals surface area contributed by atoms with Crippen molar-refractivity contribution >= 4 is 5.91 Å². The van der Waals surface area contributed by atoms with E-state index in [1.807, 2.05) is 32.0 Å². The first-order chi connectivity index (χ1) is 8.66. The molecule has 1 aliphatic heterocycles. The van der Waals surface area contributed by atoms with E-state index in [9.17, 15) is 4.79 Å². The van der Waals surface area contributed by atoms with Crippen LogP contribution in [0.3, 0.4) is 0 Å². The van der Waals surface area contributed by atoms with Crippen LogP contribution in [0.5, 0.6) is 0 Å². The zero-order chi connectivity index (χ0) is 13.0. The summed E-state index contributed by atoms with van der Waals surface area (Å²) in [6.07, 6.45) is 3.52. The first-order valence-electron chi connectivity index (χ1n) is 6.75. The molecule has 1 aromatic rings. The van der Waals surface area contributed by atoms with Crippen LogP contribution in [0.25, 0.3) is 0 Å². The summed E-state index contributed by atoms with van der Waals surface area (Å²) in [5.74, 6) is 0.0468. The Bertz CT molecular complexity index is 423. The lowest BCUT2D eigenvalue weighted by atomic mass is 10.1. The van der Waals surface area contributed by atoms with Gasteiger partial charge >= 0.3 is 0 Å². The van der Waals surface area contributed by atoms with E-state index in [0.29, 0.717) is 6.04 Å². The van der Waals surface area contributed by atoms with Crippen LogP contribution in [0.15, 0.2) is 18.2 Å². The molecule has 18 heavy (non-hydrogen) atoms. The molecule has 0 aromatic heterocycles. The van der Waals surface area contributed by atoms with E-state index in [4.69, 9.17) is 0 Å². The van der Waals surface area contributed by atoms with Crippen LogP contribution in [0.4, 0.5) is 0 Å². The highest BCUT2D eigenvalue weighted by Crippen LogP contribution is 2.11. The van der Waals surface area contributed by atoms with Crippen molar-refractivity contribution in [2.75, 3.05) is 13.1 Å². The van der Waals surface area contributed by atoms with Crippen LogP contribution >= 0.6 is 0 Å². The number of rotatable bonds is 4. The third kappa shape index (κ3) is 3.33. The van der Waals surface area contributed by atoms with E-state index < -0.39 is 0 Å². The second kappa shape index (κ2) is 6.01. The quantitative estimate of drug-likeness (QED) is 0.855. The van der Waals surface area contributed by atoms with Crippen LogP contribution < -0.4 is 10.6 Å². The van der Waals surface area contributed by atoms with Gasteiger partial charge in [-0.25, -0.2) is 0 Å². The van der Waals surface area contributed by atoms with Crippen molar-refractivity contribution in [2.24, 2.45) is 0 Å². The molecular weight excluding hydrogens is 224 g/mol. The molecule has 3 nitrogen and oxygen atoms in total. The monoisotopic (exact) mass is 246 g/mol. The van der Waals surface area contributed by atoms with E-state index in [-0.39, 0.29) is 5.91 Å². The van der Waals surface area contributed by atoms with Gasteiger partial charge in [-0.2, -0.15) is 0 Å². The predicted molar refractivity (Wildman–Crippen MR) is 73.9 cm³/mol. The molecule has 1 saturated heterocycles. The van der Waals surface area contributed by atoms with Crippen LogP contribution in [-0.2, 0) is 0 Å². The standard InChI is InChI=1S/C15H22N2O/c1-11-5-6-14(12(2)10-11)15(18)17-9-7-13-4-3-8-16-13/h5-6,10,13,16H,3-4,7-9H2,1-2H3,(H,17,18). The molecule has 2 N–H and O–H groups in total. The number of aryl methyl sites for hydroxylation is 2. The molecule has 0 spiro atoms. The first-order valence-corrected chi connectivity index (χ1v) is 6.75. The highest BCUT2D eigenvalue weighted by molar-refractivity contribution is 5.95. The molecule has 0 saturated carbocycles. The molecule has 98 valence electrons. The smallest absolute Gasteiger partial charge is 0.251 e. The molecule has 1 unspecified atom stereocenters. The molecule has 1 heterocycles. The van der Waals surface area contributed by atoms with Crippen molar-refractivity contribution in [2.45, 2.75) is 39.2 Å². The van der Waals surface area contributed by atoms with Gasteiger partial charge in [0, 0.05) is 18.2 Å². The summed E-state index contributed by atoms with van der Waals surface area (Å²) in [7, 11) is 0. The summed E-state index contributed by atoms with van der Waals surface area (Å²) in [6.45, 7) is 5.90. The summed E-state index contributed by atoms with van der Waals surface area (Å²) in [5.41, 5.74) is 3.03. The average Bonchev–Trinajstić information content (AvgIpc) is 2.81. The number of amides is 1. The van der Waals surface area contributed by atoms with E-state index in [2.05, 4.69) is 10.6 Å². The second-order valence-electron chi connectivity index (χ2n) is 5.16. The first kappa shape index (κ1) is 13.1. The van der Waals surface area contributed by atoms with Gasteiger partial charge in [-0.1, -0.05) is 17.7 Å². The molecule has 0 aliphatic carbocycles. The molecule has 1 aromatic carbocycles. The minimum absolute atomic E-state index is 0.0468. The molecule has 0 bridgehead atoms. The van der Waals surface area contributed by atoms with Crippen molar-refractivity contribution in [3.63, 3.8) is 0 Å². The van der Waals surface area contributed by atoms with Gasteiger partial charge in [-0.15, -0.1) is 0 Å². The van der Waals surface area contributed by atoms with Crippen molar-refractivity contribution in [3.8, 4) is 0 Å². The maximum Gasteiger partial charge on any atom is 0.251 e. The topological polar surface area (TPSA) is 41.1 Å². The van der Waals surface area contributed by atoms with Gasteiger partial charge in [0.2, 0.25) is 0 Å². The Morgan fingerprint density at radius 1 is 1.44 bits per heavy atom. The lowest BCUT2D eigenvalue weighted by Crippen LogP contribution is -2.30. The van der Waals surface area contributed by atoms with Gasteiger partial charge in [-0.05, 0) is 51.3 Å². The molecule has 2 rings (SSSR count). The van der Waals surface area contributed by atoms with E-state index >= 15 is 0 Å². The van der Waals surface area contributed by atoms with Gasteiger partial charge in [0.15, 0.2) is 0 Å². The van der Waals surface area contributed by atoms with Crippen molar-refractivity contribution in [1.29, 1.82) is 0 Å². The molecule has 1 amide bonds. The van der Waals surface area contributed by atoms with Crippen molar-refractivity contribution in [3.05, 3.63) is 34.9 Å². The maximum atomic E-state index is 12.0. The normalized spacial score (nSPS) is 18.9. The minimum atomic E-state index is 0.0468. The summed E-state index contributed by atoms with van der Waals surface area (Å²) < 4.78 is 0. The van der Waals surface area contributed by atoms with Gasteiger partial charge in [0.25, 0.3) is 5.91 Å². The fraction of sp³-hybridized carbons (Fsp3) is 0.533. The Balaban J connectivity index is 1.83. The maximum absolute atomic E-state index is 12.0. The molecule has 1 aliphatic rings. The van der Waals surface area contributed by atoms with E-state index in [1.54, 1.807) is 0 Å². The van der Waals surface area contributed by atoms with Gasteiger partial charge in [-0.3, -0.25) is 4.79 Å². The third-order valence-electron chi connectivity index (χ3n) is 3.57. The molecular formula is C15H22N2O. The fourth-order valence-electron chi connectivity index (χ4n) is 2.53. The zero-order valence-electron chi connectivity index (χ0n) is 11.3. The van der Waals surface area contributed by atoms with Crippen molar-refractivity contribution < 1.29 is 4.79 Å². The minimum Gasteiger partial charge on any atom is -0.352 e. The Morgan fingerprint density at radius 2 is 2.28 bits per heavy atom. The summed E-state index contributed by atoms with van der Waals surface area (Å²) in [4.78, 5) is 12.0. The SMILES string of the molecule is Cc1ccc(C(=O)NCCC2CCCN2)c(C)c1. The number of carbonyl (C=O) groups is 1. The number of nitrogens with one attached hydrogen (secondary N) is 2. The lowest BCUT2D eigenvalue weighted by Gasteiger charge is -2.12. The Morgan fingerprint density at radius 3 is 2.94 bits per heavy atom. The van der Waals surface area contributed by atoms with Crippen LogP contribution in [-0.4, -0.2) is 25.0 Å². The lowest BCUT2D eigenvalue weighted by molar-refractivity contribution is 0.0951. The zero-order valence-corrected chi connectivity index (χ0v) is 11.3. The Hall–Kier alpha value is -1.35. The average molecular weight is 246 g/mol.